The van der Waals surface area contributed by atoms with Crippen LogP contribution in [0.1, 0.15) is 56.9 Å². The van der Waals surface area contributed by atoms with Crippen LogP contribution in [0.2, 0.25) is 0 Å². The molecule has 2 aliphatic rings. The van der Waals surface area contributed by atoms with Crippen LogP contribution in [0.25, 0.3) is 0 Å². The number of carbonyl (C=O) groups is 2. The van der Waals surface area contributed by atoms with Crippen molar-refractivity contribution in [2.24, 2.45) is 5.92 Å². The lowest BCUT2D eigenvalue weighted by atomic mass is 9.99. The van der Waals surface area contributed by atoms with Gasteiger partial charge in [0.2, 0.25) is 10.0 Å². The van der Waals surface area contributed by atoms with Gasteiger partial charge in [-0.3, -0.25) is 4.79 Å². The molecule has 3 heterocycles. The minimum Gasteiger partial charge on any atom is -0.444 e. The summed E-state index contributed by atoms with van der Waals surface area (Å²) < 4.78 is 33.2. The number of nitrogens with zero attached hydrogens (tertiary/aromatic N) is 3. The van der Waals surface area contributed by atoms with Crippen molar-refractivity contribution in [3.8, 4) is 0 Å². The zero-order chi connectivity index (χ0) is 22.8. The predicted molar refractivity (Wildman–Crippen MR) is 116 cm³/mol. The Balaban J connectivity index is 1.64. The number of aromatic amines is 1. The molecule has 0 aliphatic carbocycles. The number of aromatic nitrogens is 1. The Morgan fingerprint density at radius 3 is 2.52 bits per heavy atom. The lowest BCUT2D eigenvalue weighted by Gasteiger charge is -2.34. The molecule has 1 atom stereocenters. The zero-order valence-corrected chi connectivity index (χ0v) is 19.7. The average molecular weight is 455 g/mol. The highest BCUT2D eigenvalue weighted by molar-refractivity contribution is 7.89. The first-order valence-corrected chi connectivity index (χ1v) is 12.3. The van der Waals surface area contributed by atoms with Gasteiger partial charge < -0.3 is 19.5 Å². The number of piperidine rings is 1. The summed E-state index contributed by atoms with van der Waals surface area (Å²) in [6, 6.07) is 1.44. The zero-order valence-electron chi connectivity index (χ0n) is 18.9. The van der Waals surface area contributed by atoms with E-state index in [1.807, 2.05) is 20.8 Å². The quantitative estimate of drug-likeness (QED) is 0.736. The molecule has 0 aromatic carbocycles. The molecule has 0 bridgehead atoms. The fraction of sp³-hybridized carbons (Fsp3) is 0.714. The first-order valence-electron chi connectivity index (χ1n) is 10.9. The molecule has 1 unspecified atom stereocenters. The number of rotatable bonds is 5. The van der Waals surface area contributed by atoms with Gasteiger partial charge in [0.1, 0.15) is 16.2 Å². The fourth-order valence-electron chi connectivity index (χ4n) is 4.08. The summed E-state index contributed by atoms with van der Waals surface area (Å²) in [5.74, 6) is -0.139. The van der Waals surface area contributed by atoms with Crippen molar-refractivity contribution in [1.82, 2.24) is 19.1 Å². The van der Waals surface area contributed by atoms with Gasteiger partial charge in [0.25, 0.3) is 5.91 Å². The van der Waals surface area contributed by atoms with Crippen LogP contribution in [0.5, 0.6) is 0 Å². The molecule has 0 spiro atoms. The van der Waals surface area contributed by atoms with E-state index in [1.165, 1.54) is 21.5 Å². The molecule has 2 aliphatic heterocycles. The largest absolute Gasteiger partial charge is 0.444 e. The molecule has 9 nitrogen and oxygen atoms in total. The van der Waals surface area contributed by atoms with E-state index in [-0.39, 0.29) is 16.7 Å². The van der Waals surface area contributed by atoms with Crippen LogP contribution in [0.4, 0.5) is 4.79 Å². The Labute approximate surface area is 184 Å². The van der Waals surface area contributed by atoms with Crippen LogP contribution >= 0.6 is 0 Å². The number of nitrogens with one attached hydrogen (secondary N) is 1. The third kappa shape index (κ3) is 5.79. The van der Waals surface area contributed by atoms with Gasteiger partial charge in [-0.1, -0.05) is 0 Å². The number of hydrogen-bond donors (Lipinski definition) is 1. The number of carbonyl (C=O) groups excluding carboxylic acids is 2. The summed E-state index contributed by atoms with van der Waals surface area (Å²) in [6.45, 7) is 8.03. The van der Waals surface area contributed by atoms with E-state index in [9.17, 15) is 18.0 Å². The maximum absolute atomic E-state index is 13.2. The molecule has 0 radical (unpaired) electrons. The van der Waals surface area contributed by atoms with Gasteiger partial charge in [-0.25, -0.2) is 13.2 Å². The van der Waals surface area contributed by atoms with Gasteiger partial charge in [0, 0.05) is 46.0 Å². The monoisotopic (exact) mass is 454 g/mol. The molecular weight excluding hydrogens is 420 g/mol. The smallest absolute Gasteiger partial charge is 0.410 e. The third-order valence-electron chi connectivity index (χ3n) is 5.64. The molecular formula is C21H34N4O5S. The lowest BCUT2D eigenvalue weighted by Crippen LogP contribution is -2.44. The van der Waals surface area contributed by atoms with Crippen LogP contribution in [-0.4, -0.2) is 84.9 Å². The Hall–Kier alpha value is -2.07. The summed E-state index contributed by atoms with van der Waals surface area (Å²) in [5.41, 5.74) is -0.273. The summed E-state index contributed by atoms with van der Waals surface area (Å²) in [4.78, 5) is 31.0. The van der Waals surface area contributed by atoms with E-state index in [4.69, 9.17) is 4.74 Å². The van der Waals surface area contributed by atoms with Crippen molar-refractivity contribution >= 4 is 22.0 Å². The number of H-pyrrole nitrogens is 1. The number of amides is 2. The minimum absolute atomic E-state index is 0.0192. The van der Waals surface area contributed by atoms with Gasteiger partial charge in [-0.2, -0.15) is 4.31 Å². The number of hydrogen-bond acceptors (Lipinski definition) is 5. The van der Waals surface area contributed by atoms with E-state index in [2.05, 4.69) is 4.98 Å². The maximum Gasteiger partial charge on any atom is 0.410 e. The van der Waals surface area contributed by atoms with Crippen molar-refractivity contribution in [3.05, 3.63) is 18.0 Å². The van der Waals surface area contributed by atoms with Crippen molar-refractivity contribution in [2.45, 2.75) is 57.0 Å². The summed E-state index contributed by atoms with van der Waals surface area (Å²) in [7, 11) is -2.05. The summed E-state index contributed by atoms with van der Waals surface area (Å²) >= 11 is 0. The van der Waals surface area contributed by atoms with E-state index in [0.29, 0.717) is 38.4 Å². The average Bonchev–Trinajstić information content (AvgIpc) is 3.39. The van der Waals surface area contributed by atoms with Crippen molar-refractivity contribution < 1.29 is 22.7 Å². The Morgan fingerprint density at radius 1 is 1.19 bits per heavy atom. The maximum atomic E-state index is 13.2. The highest BCUT2D eigenvalue weighted by atomic mass is 32.2. The van der Waals surface area contributed by atoms with E-state index >= 15 is 0 Å². The topological polar surface area (TPSA) is 103 Å². The van der Waals surface area contributed by atoms with Gasteiger partial charge in [-0.15, -0.1) is 0 Å². The van der Waals surface area contributed by atoms with Crippen molar-refractivity contribution in [1.29, 1.82) is 0 Å². The Kier molecular flexibility index (Phi) is 7.00. The third-order valence-corrected chi connectivity index (χ3v) is 7.48. The van der Waals surface area contributed by atoms with Crippen molar-refractivity contribution in [3.63, 3.8) is 0 Å². The van der Waals surface area contributed by atoms with Crippen LogP contribution in [0, 0.1) is 5.92 Å². The highest BCUT2D eigenvalue weighted by Crippen LogP contribution is 2.25. The second kappa shape index (κ2) is 9.20. The molecule has 1 N–H and O–H groups in total. The van der Waals surface area contributed by atoms with E-state index < -0.39 is 21.7 Å². The van der Waals surface area contributed by atoms with Gasteiger partial charge >= 0.3 is 6.09 Å². The first-order chi connectivity index (χ1) is 14.5. The summed E-state index contributed by atoms with van der Waals surface area (Å²) in [6.07, 6.45) is 4.49. The van der Waals surface area contributed by atoms with Crippen LogP contribution < -0.4 is 0 Å². The minimum atomic E-state index is -3.72. The molecule has 1 aromatic rings. The van der Waals surface area contributed by atoms with E-state index in [0.717, 1.165) is 25.7 Å². The highest BCUT2D eigenvalue weighted by Gasteiger charge is 2.33. The second-order valence-electron chi connectivity index (χ2n) is 9.48. The molecule has 2 amide bonds. The van der Waals surface area contributed by atoms with Crippen LogP contribution in [0.15, 0.2) is 17.2 Å². The first kappa shape index (κ1) is 23.6. The normalized spacial score (nSPS) is 20.6. The molecule has 31 heavy (non-hydrogen) atoms. The number of likely N-dealkylation sites (tertiary alicyclic amines) is 1. The van der Waals surface area contributed by atoms with Crippen LogP contribution in [0.3, 0.4) is 0 Å². The van der Waals surface area contributed by atoms with Gasteiger partial charge in [0.15, 0.2) is 0 Å². The summed E-state index contributed by atoms with van der Waals surface area (Å²) in [5, 5.41) is 0. The SMILES string of the molecule is CN(CC1CCCN(S(=O)(=O)c2c[nH]c(C(=O)N3CCCC3)c2)C1)C(=O)OC(C)(C)C. The molecule has 2 saturated heterocycles. The second-order valence-corrected chi connectivity index (χ2v) is 11.4. The molecule has 2 fully saturated rings. The van der Waals surface area contributed by atoms with Crippen molar-refractivity contribution in [2.75, 3.05) is 39.8 Å². The van der Waals surface area contributed by atoms with E-state index in [1.54, 1.807) is 11.9 Å². The molecule has 174 valence electrons. The molecule has 3 rings (SSSR count). The molecule has 10 heteroatoms. The number of sulfonamides is 1. The fourth-order valence-corrected chi connectivity index (χ4v) is 5.63. The Morgan fingerprint density at radius 2 is 1.87 bits per heavy atom. The number of ether oxygens (including phenoxy) is 1. The van der Waals surface area contributed by atoms with Gasteiger partial charge in [-0.05, 0) is 58.4 Å². The Bertz CT molecular complexity index is 899. The van der Waals surface area contributed by atoms with Crippen LogP contribution in [-0.2, 0) is 14.8 Å². The predicted octanol–water partition coefficient (Wildman–Crippen LogP) is 2.52. The molecule has 1 aromatic heterocycles. The lowest BCUT2D eigenvalue weighted by molar-refractivity contribution is 0.0258. The molecule has 0 saturated carbocycles. The van der Waals surface area contributed by atoms with Gasteiger partial charge in [0.05, 0.1) is 0 Å². The standard InChI is InChI=1S/C21H34N4O5S/c1-21(2,3)30-20(27)23(4)14-16-8-7-11-25(15-16)31(28,29)17-12-18(22-13-17)19(26)24-9-5-6-10-24/h12-13,16,22H,5-11,14-15H2,1-4H3.